The van der Waals surface area contributed by atoms with Crippen LogP contribution in [0.25, 0.3) is 0 Å². The molecule has 0 amide bonds. The van der Waals surface area contributed by atoms with E-state index in [-0.39, 0.29) is 0 Å². The van der Waals surface area contributed by atoms with Crippen molar-refractivity contribution in [2.75, 3.05) is 0 Å². The summed E-state index contributed by atoms with van der Waals surface area (Å²) in [4.78, 5) is 11.9. The first-order chi connectivity index (χ1) is 6.83. The highest BCUT2D eigenvalue weighted by Crippen LogP contribution is 2.58. The Morgan fingerprint density at radius 3 is 3.14 bits per heavy atom. The summed E-state index contributed by atoms with van der Waals surface area (Å²) in [6, 6.07) is 0. The number of allylic oxidation sites excluding steroid dienone is 2. The van der Waals surface area contributed by atoms with E-state index in [1.807, 2.05) is 0 Å². The average Bonchev–Trinajstić information content (AvgIpc) is 2.51. The predicted molar refractivity (Wildman–Crippen MR) is 55.9 cm³/mol. The van der Waals surface area contributed by atoms with Crippen molar-refractivity contribution < 1.29 is 4.79 Å². The van der Waals surface area contributed by atoms with Gasteiger partial charge in [-0.15, -0.1) is 0 Å². The largest absolute Gasteiger partial charge is 0.299 e. The molecule has 0 unspecified atom stereocenters. The highest BCUT2D eigenvalue weighted by atomic mass is 16.1. The van der Waals surface area contributed by atoms with Gasteiger partial charge < -0.3 is 0 Å². The van der Waals surface area contributed by atoms with Crippen molar-refractivity contribution in [1.29, 1.82) is 0 Å². The first-order valence-corrected chi connectivity index (χ1v) is 6.02. The molecule has 0 radical (unpaired) electrons. The minimum atomic E-state index is 0.307. The lowest BCUT2D eigenvalue weighted by atomic mass is 9.60. The minimum Gasteiger partial charge on any atom is -0.299 e. The molecule has 1 spiro atoms. The molecule has 2 fully saturated rings. The maximum atomic E-state index is 11.9. The van der Waals surface area contributed by atoms with Crippen molar-refractivity contribution in [2.45, 2.75) is 44.9 Å². The summed E-state index contributed by atoms with van der Waals surface area (Å²) in [5.74, 6) is 1.58. The van der Waals surface area contributed by atoms with E-state index < -0.39 is 0 Å². The number of carbonyl (C=O) groups excluding carboxylic acids is 1. The summed E-state index contributed by atoms with van der Waals surface area (Å²) < 4.78 is 0. The maximum absolute atomic E-state index is 11.9. The Morgan fingerprint density at radius 2 is 2.21 bits per heavy atom. The Labute approximate surface area is 85.6 Å². The van der Waals surface area contributed by atoms with Crippen LogP contribution in [0.15, 0.2) is 12.2 Å². The number of hydrogen-bond acceptors (Lipinski definition) is 1. The highest BCUT2D eigenvalue weighted by molar-refractivity contribution is 5.86. The Kier molecular flexibility index (Phi) is 1.83. The highest BCUT2D eigenvalue weighted by Gasteiger charge is 2.54. The van der Waals surface area contributed by atoms with Crippen LogP contribution in [0.2, 0.25) is 0 Å². The van der Waals surface area contributed by atoms with Crippen LogP contribution >= 0.6 is 0 Å². The Bertz CT molecular complexity index is 292. The number of ketones is 1. The van der Waals surface area contributed by atoms with E-state index in [0.717, 1.165) is 12.3 Å². The topological polar surface area (TPSA) is 17.1 Å². The molecular weight excluding hydrogens is 172 g/mol. The second kappa shape index (κ2) is 2.95. The van der Waals surface area contributed by atoms with Crippen LogP contribution in [0.4, 0.5) is 0 Å². The van der Waals surface area contributed by atoms with E-state index in [1.165, 1.54) is 38.5 Å². The molecule has 0 saturated heterocycles. The van der Waals surface area contributed by atoms with Gasteiger partial charge in [-0.3, -0.25) is 4.79 Å². The Hall–Kier alpha value is -0.590. The van der Waals surface area contributed by atoms with Crippen LogP contribution in [0.5, 0.6) is 0 Å². The van der Waals surface area contributed by atoms with Crippen LogP contribution < -0.4 is 0 Å². The molecule has 1 heteroatoms. The molecule has 0 bridgehead atoms. The van der Waals surface area contributed by atoms with Crippen molar-refractivity contribution in [3.05, 3.63) is 12.2 Å². The zero-order valence-corrected chi connectivity index (χ0v) is 8.67. The molecule has 3 atom stereocenters. The Morgan fingerprint density at radius 1 is 1.29 bits per heavy atom. The molecule has 3 rings (SSSR count). The summed E-state index contributed by atoms with van der Waals surface area (Å²) in [5.41, 5.74) is 0.421. The molecule has 3 aliphatic carbocycles. The van der Waals surface area contributed by atoms with E-state index in [1.54, 1.807) is 0 Å². The lowest BCUT2D eigenvalue weighted by Gasteiger charge is -2.43. The van der Waals surface area contributed by atoms with Crippen molar-refractivity contribution in [3.63, 3.8) is 0 Å². The van der Waals surface area contributed by atoms with Crippen LogP contribution in [0, 0.1) is 17.3 Å². The van der Waals surface area contributed by atoms with Gasteiger partial charge in [-0.1, -0.05) is 25.0 Å². The monoisotopic (exact) mass is 190 g/mol. The van der Waals surface area contributed by atoms with Crippen LogP contribution in [0.3, 0.4) is 0 Å². The molecule has 1 nitrogen and oxygen atoms in total. The van der Waals surface area contributed by atoms with Gasteiger partial charge in [-0.05, 0) is 37.0 Å². The van der Waals surface area contributed by atoms with Crippen molar-refractivity contribution in [3.8, 4) is 0 Å². The molecule has 3 aliphatic rings. The minimum absolute atomic E-state index is 0.307. The van der Waals surface area contributed by atoms with Gasteiger partial charge in [0, 0.05) is 12.3 Å². The molecule has 0 aromatic carbocycles. The summed E-state index contributed by atoms with van der Waals surface area (Å²) in [5, 5.41) is 0. The number of carbonyl (C=O) groups is 1. The quantitative estimate of drug-likeness (QED) is 0.536. The zero-order valence-electron chi connectivity index (χ0n) is 8.67. The third kappa shape index (κ3) is 0.986. The van der Waals surface area contributed by atoms with Crippen molar-refractivity contribution in [1.82, 2.24) is 0 Å². The van der Waals surface area contributed by atoms with Gasteiger partial charge in [0.1, 0.15) is 5.78 Å². The fourth-order valence-electron chi connectivity index (χ4n) is 4.11. The molecule has 2 saturated carbocycles. The Balaban J connectivity index is 2.01. The number of hydrogen-bond donors (Lipinski definition) is 0. The van der Waals surface area contributed by atoms with Gasteiger partial charge in [0.05, 0.1) is 0 Å². The fraction of sp³-hybridized carbons (Fsp3) is 0.769. The average molecular weight is 190 g/mol. The van der Waals surface area contributed by atoms with Gasteiger partial charge in [0.15, 0.2) is 0 Å². The number of Topliss-reactive ketones (excluding diaryl/α,β-unsaturated/α-hetero) is 1. The summed E-state index contributed by atoms with van der Waals surface area (Å²) >= 11 is 0. The van der Waals surface area contributed by atoms with E-state index in [2.05, 4.69) is 12.2 Å². The van der Waals surface area contributed by atoms with Gasteiger partial charge in [-0.25, -0.2) is 0 Å². The summed E-state index contributed by atoms with van der Waals surface area (Å²) in [7, 11) is 0. The standard InChI is InChI=1S/C13H18O/c14-12-9-10-5-1-3-7-13(10)8-4-2-6-11(12)13/h2,6,10-11H,1,3-5,7-9H2/t10-,11-,13+/m1/s1. The third-order valence-electron chi connectivity index (χ3n) is 4.78. The molecule has 0 aromatic heterocycles. The molecule has 76 valence electrons. The van der Waals surface area contributed by atoms with Crippen LogP contribution in [-0.4, -0.2) is 5.78 Å². The zero-order chi connectivity index (χ0) is 9.60. The molecule has 0 heterocycles. The maximum Gasteiger partial charge on any atom is 0.140 e. The molecule has 0 N–H and O–H groups in total. The molecule has 0 aliphatic heterocycles. The first-order valence-electron chi connectivity index (χ1n) is 6.02. The van der Waals surface area contributed by atoms with Crippen molar-refractivity contribution in [2.24, 2.45) is 17.3 Å². The van der Waals surface area contributed by atoms with E-state index >= 15 is 0 Å². The molecule has 14 heavy (non-hydrogen) atoms. The van der Waals surface area contributed by atoms with E-state index in [0.29, 0.717) is 17.1 Å². The summed E-state index contributed by atoms with van der Waals surface area (Å²) in [6.45, 7) is 0. The normalized spacial score (nSPS) is 46.1. The predicted octanol–water partition coefficient (Wildman–Crippen LogP) is 3.10. The molecular formula is C13H18O. The van der Waals surface area contributed by atoms with Crippen LogP contribution in [0.1, 0.15) is 44.9 Å². The van der Waals surface area contributed by atoms with Crippen LogP contribution in [-0.2, 0) is 4.79 Å². The second-order valence-electron chi connectivity index (χ2n) is 5.29. The van der Waals surface area contributed by atoms with E-state index in [4.69, 9.17) is 0 Å². The second-order valence-corrected chi connectivity index (χ2v) is 5.29. The smallest absolute Gasteiger partial charge is 0.140 e. The SMILES string of the molecule is O=C1C[C@H]2CCCC[C@]23CCC=C[C@H]13. The van der Waals surface area contributed by atoms with E-state index in [9.17, 15) is 4.79 Å². The van der Waals surface area contributed by atoms with Gasteiger partial charge in [0.25, 0.3) is 0 Å². The van der Waals surface area contributed by atoms with Crippen molar-refractivity contribution >= 4 is 5.78 Å². The molecule has 0 aromatic rings. The third-order valence-corrected chi connectivity index (χ3v) is 4.78. The summed E-state index contributed by atoms with van der Waals surface area (Å²) in [6.07, 6.45) is 13.2. The fourth-order valence-corrected chi connectivity index (χ4v) is 4.11. The lowest BCUT2D eigenvalue weighted by molar-refractivity contribution is -0.121. The lowest BCUT2D eigenvalue weighted by Crippen LogP contribution is -2.36. The number of rotatable bonds is 0. The first kappa shape index (κ1) is 8.70. The van der Waals surface area contributed by atoms with Gasteiger partial charge in [0.2, 0.25) is 0 Å². The van der Waals surface area contributed by atoms with Gasteiger partial charge >= 0.3 is 0 Å². The van der Waals surface area contributed by atoms with Gasteiger partial charge in [-0.2, -0.15) is 0 Å².